The van der Waals surface area contributed by atoms with Crippen LogP contribution in [0.4, 0.5) is 5.69 Å². The first kappa shape index (κ1) is 17.9. The van der Waals surface area contributed by atoms with E-state index in [1.807, 2.05) is 61.5 Å². The van der Waals surface area contributed by atoms with Crippen molar-refractivity contribution in [2.45, 2.75) is 20.0 Å². The molecule has 1 saturated heterocycles. The van der Waals surface area contributed by atoms with Gasteiger partial charge in [-0.2, -0.15) is 0 Å². The molecule has 4 rings (SSSR count). The number of hydrogen-bond donors (Lipinski definition) is 0. The average molecular weight is 377 g/mol. The number of aromatic nitrogens is 2. The van der Waals surface area contributed by atoms with Gasteiger partial charge in [-0.15, -0.1) is 10.2 Å². The molecular formula is C21H19N3O4. The van der Waals surface area contributed by atoms with Gasteiger partial charge in [-0.25, -0.2) is 0 Å². The third-order valence-electron chi connectivity index (χ3n) is 4.63. The molecule has 1 aromatic heterocycles. The van der Waals surface area contributed by atoms with Crippen molar-refractivity contribution in [3.05, 3.63) is 66.1 Å². The van der Waals surface area contributed by atoms with Crippen LogP contribution in [0.2, 0.25) is 0 Å². The maximum absolute atomic E-state index is 12.4. The summed E-state index contributed by atoms with van der Waals surface area (Å²) in [4.78, 5) is 26.3. The molecule has 0 spiro atoms. The fourth-order valence-corrected chi connectivity index (χ4v) is 3.10. The number of nitrogens with zero attached hydrogens (tertiary/aromatic N) is 3. The normalized spacial score (nSPS) is 16.4. The largest absolute Gasteiger partial charge is 0.455 e. The molecule has 1 amide bonds. The van der Waals surface area contributed by atoms with Crippen LogP contribution in [0.1, 0.15) is 17.9 Å². The van der Waals surface area contributed by atoms with Gasteiger partial charge >= 0.3 is 5.97 Å². The lowest BCUT2D eigenvalue weighted by atomic mass is 10.1. The smallest absolute Gasteiger partial charge is 0.311 e. The number of benzene rings is 2. The lowest BCUT2D eigenvalue weighted by Crippen LogP contribution is -2.26. The molecule has 0 N–H and O–H groups in total. The first-order valence-electron chi connectivity index (χ1n) is 9.01. The molecule has 2 aromatic carbocycles. The molecule has 1 atom stereocenters. The minimum absolute atomic E-state index is 0.0880. The Bertz CT molecular complexity index is 982. The zero-order chi connectivity index (χ0) is 19.5. The van der Waals surface area contributed by atoms with Gasteiger partial charge in [0.15, 0.2) is 6.61 Å². The Balaban J connectivity index is 1.35. The second kappa shape index (κ2) is 7.64. The van der Waals surface area contributed by atoms with Crippen LogP contribution in [0.3, 0.4) is 0 Å². The highest BCUT2D eigenvalue weighted by molar-refractivity contribution is 5.99. The van der Waals surface area contributed by atoms with E-state index < -0.39 is 11.9 Å². The predicted molar refractivity (Wildman–Crippen MR) is 101 cm³/mol. The summed E-state index contributed by atoms with van der Waals surface area (Å²) in [5.74, 6) is -0.456. The Morgan fingerprint density at radius 1 is 1.14 bits per heavy atom. The third-order valence-corrected chi connectivity index (χ3v) is 4.63. The van der Waals surface area contributed by atoms with Gasteiger partial charge in [0.25, 0.3) is 5.89 Å². The zero-order valence-electron chi connectivity index (χ0n) is 15.4. The number of aryl methyl sites for hydroxylation is 1. The number of esters is 1. The summed E-state index contributed by atoms with van der Waals surface area (Å²) in [6.07, 6.45) is 0.131. The van der Waals surface area contributed by atoms with Crippen molar-refractivity contribution in [1.82, 2.24) is 10.2 Å². The highest BCUT2D eigenvalue weighted by Crippen LogP contribution is 2.26. The number of carbonyl (C=O) groups excluding carboxylic acids is 2. The van der Waals surface area contributed by atoms with Gasteiger partial charge < -0.3 is 14.1 Å². The van der Waals surface area contributed by atoms with Gasteiger partial charge in [0.1, 0.15) is 0 Å². The summed E-state index contributed by atoms with van der Waals surface area (Å²) in [6.45, 7) is 2.17. The van der Waals surface area contributed by atoms with Crippen LogP contribution in [0.5, 0.6) is 0 Å². The van der Waals surface area contributed by atoms with E-state index in [9.17, 15) is 9.59 Å². The minimum atomic E-state index is -0.509. The first-order valence-corrected chi connectivity index (χ1v) is 9.01. The quantitative estimate of drug-likeness (QED) is 0.635. The molecule has 0 aliphatic carbocycles. The molecule has 0 bridgehead atoms. The maximum Gasteiger partial charge on any atom is 0.311 e. The van der Waals surface area contributed by atoms with Crippen molar-refractivity contribution in [1.29, 1.82) is 0 Å². The monoisotopic (exact) mass is 377 g/mol. The molecule has 0 unspecified atom stereocenters. The van der Waals surface area contributed by atoms with E-state index in [-0.39, 0.29) is 24.8 Å². The first-order chi connectivity index (χ1) is 13.6. The fraction of sp³-hybridized carbons (Fsp3) is 0.238. The molecule has 2 heterocycles. The highest BCUT2D eigenvalue weighted by Gasteiger charge is 2.36. The summed E-state index contributed by atoms with van der Waals surface area (Å²) >= 11 is 0. The standard InChI is InChI=1S/C21H19N3O4/c1-14-7-9-17(10-8-14)24-12-16(11-19(24)25)21(26)27-13-18-22-23-20(28-18)15-5-3-2-4-6-15/h2-10,16H,11-13H2,1H3/t16-/m0/s1. The van der Waals surface area contributed by atoms with E-state index in [2.05, 4.69) is 10.2 Å². The van der Waals surface area contributed by atoms with Gasteiger partial charge in [0, 0.05) is 24.2 Å². The molecule has 1 fully saturated rings. The molecule has 1 aliphatic rings. The number of anilines is 1. The van der Waals surface area contributed by atoms with Gasteiger partial charge in [-0.1, -0.05) is 35.9 Å². The maximum atomic E-state index is 12.4. The predicted octanol–water partition coefficient (Wildman–Crippen LogP) is 3.14. The number of hydrogen-bond acceptors (Lipinski definition) is 6. The molecule has 142 valence electrons. The van der Waals surface area contributed by atoms with Gasteiger partial charge in [0.05, 0.1) is 5.92 Å². The fourth-order valence-electron chi connectivity index (χ4n) is 3.10. The molecular weight excluding hydrogens is 358 g/mol. The lowest BCUT2D eigenvalue weighted by Gasteiger charge is -2.16. The molecule has 3 aromatic rings. The van der Waals surface area contributed by atoms with Gasteiger partial charge in [0.2, 0.25) is 11.8 Å². The van der Waals surface area contributed by atoms with E-state index in [0.717, 1.165) is 16.8 Å². The third kappa shape index (κ3) is 3.78. The van der Waals surface area contributed by atoms with Crippen LogP contribution >= 0.6 is 0 Å². The Morgan fingerprint density at radius 2 is 1.89 bits per heavy atom. The van der Waals surface area contributed by atoms with E-state index in [1.54, 1.807) is 4.90 Å². The van der Waals surface area contributed by atoms with Crippen LogP contribution in [0.15, 0.2) is 59.0 Å². The van der Waals surface area contributed by atoms with E-state index in [4.69, 9.17) is 9.15 Å². The van der Waals surface area contributed by atoms with Crippen LogP contribution in [-0.4, -0.2) is 28.6 Å². The Kier molecular flexibility index (Phi) is 4.89. The van der Waals surface area contributed by atoms with Crippen LogP contribution in [0, 0.1) is 12.8 Å². The van der Waals surface area contributed by atoms with Crippen molar-refractivity contribution >= 4 is 17.6 Å². The molecule has 28 heavy (non-hydrogen) atoms. The van der Waals surface area contributed by atoms with Crippen LogP contribution < -0.4 is 4.90 Å². The second-order valence-electron chi connectivity index (χ2n) is 6.72. The van der Waals surface area contributed by atoms with Crippen LogP contribution in [-0.2, 0) is 20.9 Å². The molecule has 1 aliphatic heterocycles. The highest BCUT2D eigenvalue weighted by atomic mass is 16.5. The SMILES string of the molecule is Cc1ccc(N2C[C@@H](C(=O)OCc3nnc(-c4ccccc4)o3)CC2=O)cc1. The van der Waals surface area contributed by atoms with E-state index >= 15 is 0 Å². The topological polar surface area (TPSA) is 85.5 Å². The van der Waals surface area contributed by atoms with E-state index in [1.165, 1.54) is 0 Å². The second-order valence-corrected chi connectivity index (χ2v) is 6.72. The Labute approximate surface area is 161 Å². The minimum Gasteiger partial charge on any atom is -0.455 e. The number of rotatable bonds is 5. The van der Waals surface area contributed by atoms with Gasteiger partial charge in [-0.05, 0) is 31.2 Å². The summed E-state index contributed by atoms with van der Waals surface area (Å²) < 4.78 is 10.8. The number of amides is 1. The summed E-state index contributed by atoms with van der Waals surface area (Å²) in [7, 11) is 0. The van der Waals surface area contributed by atoms with Crippen molar-refractivity contribution in [2.24, 2.45) is 5.92 Å². The van der Waals surface area contributed by atoms with E-state index in [0.29, 0.717) is 12.4 Å². The summed E-state index contributed by atoms with van der Waals surface area (Å²) in [5.41, 5.74) is 2.69. The van der Waals surface area contributed by atoms with Crippen molar-refractivity contribution in [2.75, 3.05) is 11.4 Å². The lowest BCUT2D eigenvalue weighted by molar-refractivity contribution is -0.150. The van der Waals surface area contributed by atoms with Crippen molar-refractivity contribution in [3.63, 3.8) is 0 Å². The summed E-state index contributed by atoms with van der Waals surface area (Å²) in [5, 5.41) is 7.87. The number of ether oxygens (including phenoxy) is 1. The van der Waals surface area contributed by atoms with Crippen molar-refractivity contribution < 1.29 is 18.7 Å². The molecule has 0 saturated carbocycles. The zero-order valence-corrected chi connectivity index (χ0v) is 15.4. The molecule has 0 radical (unpaired) electrons. The van der Waals surface area contributed by atoms with Gasteiger partial charge in [-0.3, -0.25) is 9.59 Å². The molecule has 7 nitrogen and oxygen atoms in total. The van der Waals surface area contributed by atoms with Crippen LogP contribution in [0.25, 0.3) is 11.5 Å². The Hall–Kier alpha value is -3.48. The molecule has 7 heteroatoms. The Morgan fingerprint density at radius 3 is 2.64 bits per heavy atom. The summed E-state index contributed by atoms with van der Waals surface area (Å²) in [6, 6.07) is 17.0. The van der Waals surface area contributed by atoms with Crippen molar-refractivity contribution in [3.8, 4) is 11.5 Å². The average Bonchev–Trinajstić information content (AvgIpc) is 3.34. The number of carbonyl (C=O) groups is 2.